The van der Waals surface area contributed by atoms with Gasteiger partial charge in [-0.25, -0.2) is 13.1 Å². The summed E-state index contributed by atoms with van der Waals surface area (Å²) in [5.41, 5.74) is 2.64. The zero-order chi connectivity index (χ0) is 26.3. The van der Waals surface area contributed by atoms with E-state index >= 15 is 0 Å². The summed E-state index contributed by atoms with van der Waals surface area (Å²) in [5.74, 6) is 0.734. The average molecular weight is 536 g/mol. The Morgan fingerprint density at radius 3 is 2.50 bits per heavy atom. The number of benzene rings is 2. The molecule has 8 nitrogen and oxygen atoms in total. The number of amides is 1. The molecule has 2 N–H and O–H groups in total. The van der Waals surface area contributed by atoms with Gasteiger partial charge in [-0.3, -0.25) is 9.59 Å². The van der Waals surface area contributed by atoms with Gasteiger partial charge in [0.05, 0.1) is 29.8 Å². The number of aromatic amines is 1. The number of morpholine rings is 1. The highest BCUT2D eigenvalue weighted by atomic mass is 32.2. The normalized spacial score (nSPS) is 24.4. The fraction of sp³-hybridized carbons (Fsp3) is 0.448. The number of H-pyrrole nitrogens is 1. The topological polar surface area (TPSA) is 109 Å². The van der Waals surface area contributed by atoms with E-state index in [1.807, 2.05) is 35.2 Å². The Morgan fingerprint density at radius 1 is 1.03 bits per heavy atom. The summed E-state index contributed by atoms with van der Waals surface area (Å²) in [5, 5.41) is 0.685. The third-order valence-corrected chi connectivity index (χ3v) is 9.83. The highest BCUT2D eigenvalue weighted by Crippen LogP contribution is 2.38. The number of hydrogen-bond acceptors (Lipinski definition) is 5. The van der Waals surface area contributed by atoms with Crippen LogP contribution in [0.5, 0.6) is 0 Å². The van der Waals surface area contributed by atoms with Crippen molar-refractivity contribution in [3.8, 4) is 11.3 Å². The molecule has 2 aliphatic carbocycles. The van der Waals surface area contributed by atoms with Gasteiger partial charge >= 0.3 is 0 Å². The third-order valence-electron chi connectivity index (χ3n) is 8.31. The number of rotatable bonds is 7. The Balaban J connectivity index is 1.13. The number of sulfonamides is 1. The quantitative estimate of drug-likeness (QED) is 0.443. The summed E-state index contributed by atoms with van der Waals surface area (Å²) in [6.45, 7) is 1.89. The van der Waals surface area contributed by atoms with Gasteiger partial charge in [-0.2, -0.15) is 0 Å². The first kappa shape index (κ1) is 25.3. The Morgan fingerprint density at radius 2 is 1.79 bits per heavy atom. The molecule has 2 heterocycles. The first-order chi connectivity index (χ1) is 18.4. The van der Waals surface area contributed by atoms with Gasteiger partial charge in [0.25, 0.3) is 0 Å². The third kappa shape index (κ3) is 4.90. The van der Waals surface area contributed by atoms with Crippen molar-refractivity contribution in [3.05, 3.63) is 54.1 Å². The lowest BCUT2D eigenvalue weighted by molar-refractivity contribution is -0.146. The standard InChI is InChI=1S/C29H33N3O5S/c33-17-25-24-13-12-23(16-26(24)30-28(25)20-4-2-1-3-5-20)38(35,36)31-22-10-8-21(9-11-22)29(34)32-14-15-37-18-27(32)19-6-7-19/h1-5,12-13,16-17,19,21-22,27,30-31H,6-11,14-15,18H2/t21?,22?,27-/m1/s1. The number of nitrogens with zero attached hydrogens (tertiary/aromatic N) is 1. The van der Waals surface area contributed by atoms with Crippen LogP contribution in [0.4, 0.5) is 0 Å². The summed E-state index contributed by atoms with van der Waals surface area (Å²) >= 11 is 0. The average Bonchev–Trinajstić information content (AvgIpc) is 3.73. The predicted molar refractivity (Wildman–Crippen MR) is 144 cm³/mol. The molecule has 0 unspecified atom stereocenters. The van der Waals surface area contributed by atoms with Crippen LogP contribution in [0, 0.1) is 11.8 Å². The minimum absolute atomic E-state index is 0.0523. The Labute approximate surface area is 222 Å². The summed E-state index contributed by atoms with van der Waals surface area (Å²) in [4.78, 5) is 30.6. The molecule has 1 amide bonds. The fourth-order valence-electron chi connectivity index (χ4n) is 6.07. The molecule has 0 bridgehead atoms. The van der Waals surface area contributed by atoms with E-state index in [9.17, 15) is 18.0 Å². The van der Waals surface area contributed by atoms with Crippen LogP contribution in [-0.2, 0) is 19.6 Å². The van der Waals surface area contributed by atoms with Crippen molar-refractivity contribution in [2.45, 2.75) is 55.5 Å². The SMILES string of the molecule is O=Cc1c(-c2ccccc2)[nH]c2cc(S(=O)(=O)NC3CCC(C(=O)N4CCOC[C@@H]4C4CC4)CC3)ccc12. The van der Waals surface area contributed by atoms with Crippen molar-refractivity contribution in [2.24, 2.45) is 11.8 Å². The van der Waals surface area contributed by atoms with Gasteiger partial charge in [0.1, 0.15) is 0 Å². The summed E-state index contributed by atoms with van der Waals surface area (Å²) < 4.78 is 35.1. The van der Waals surface area contributed by atoms with Crippen LogP contribution in [0.1, 0.15) is 48.9 Å². The van der Waals surface area contributed by atoms with Gasteiger partial charge in [-0.05, 0) is 62.1 Å². The van der Waals surface area contributed by atoms with Crippen LogP contribution in [-0.4, -0.2) is 62.3 Å². The molecule has 200 valence electrons. The van der Waals surface area contributed by atoms with Gasteiger partial charge in [0, 0.05) is 35.0 Å². The van der Waals surface area contributed by atoms with E-state index in [1.54, 1.807) is 18.2 Å². The van der Waals surface area contributed by atoms with Crippen LogP contribution >= 0.6 is 0 Å². The van der Waals surface area contributed by atoms with Crippen LogP contribution in [0.25, 0.3) is 22.2 Å². The number of carbonyl (C=O) groups is 2. The van der Waals surface area contributed by atoms with E-state index < -0.39 is 10.0 Å². The van der Waals surface area contributed by atoms with E-state index in [2.05, 4.69) is 9.71 Å². The molecule has 1 aliphatic heterocycles. The van der Waals surface area contributed by atoms with Gasteiger partial charge in [-0.1, -0.05) is 36.4 Å². The largest absolute Gasteiger partial charge is 0.377 e. The van der Waals surface area contributed by atoms with Crippen molar-refractivity contribution < 1.29 is 22.7 Å². The second kappa shape index (κ2) is 10.3. The number of aromatic nitrogens is 1. The first-order valence-corrected chi connectivity index (χ1v) is 15.0. The number of carbonyl (C=O) groups excluding carboxylic acids is 2. The second-order valence-electron chi connectivity index (χ2n) is 10.8. The maximum atomic E-state index is 13.3. The van der Waals surface area contributed by atoms with E-state index in [-0.39, 0.29) is 28.8 Å². The molecule has 9 heteroatoms. The van der Waals surface area contributed by atoms with Crippen molar-refractivity contribution in [1.82, 2.24) is 14.6 Å². The van der Waals surface area contributed by atoms with E-state index in [4.69, 9.17) is 4.74 Å². The summed E-state index contributed by atoms with van der Waals surface area (Å²) in [6, 6.07) is 14.3. The van der Waals surface area contributed by atoms with Crippen LogP contribution in [0.15, 0.2) is 53.4 Å². The molecule has 1 saturated heterocycles. The maximum absolute atomic E-state index is 13.3. The zero-order valence-corrected chi connectivity index (χ0v) is 22.1. The van der Waals surface area contributed by atoms with Crippen molar-refractivity contribution in [1.29, 1.82) is 0 Å². The summed E-state index contributed by atoms with van der Waals surface area (Å²) in [6.07, 6.45) is 5.77. The van der Waals surface area contributed by atoms with Crippen molar-refractivity contribution >= 4 is 33.1 Å². The van der Waals surface area contributed by atoms with Gasteiger partial charge in [-0.15, -0.1) is 0 Å². The highest BCUT2D eigenvalue weighted by Gasteiger charge is 2.41. The molecule has 0 radical (unpaired) electrons. The lowest BCUT2D eigenvalue weighted by Crippen LogP contribution is -2.52. The number of nitrogens with one attached hydrogen (secondary N) is 2. The number of hydrogen-bond donors (Lipinski definition) is 2. The van der Waals surface area contributed by atoms with Crippen molar-refractivity contribution in [3.63, 3.8) is 0 Å². The molecule has 3 aromatic rings. The molecule has 2 saturated carbocycles. The fourth-order valence-corrected chi connectivity index (χ4v) is 7.40. The Kier molecular flexibility index (Phi) is 6.84. The monoisotopic (exact) mass is 535 g/mol. The number of ether oxygens (including phenoxy) is 1. The molecule has 3 aliphatic rings. The Bertz CT molecular complexity index is 1440. The molecule has 38 heavy (non-hydrogen) atoms. The van der Waals surface area contributed by atoms with E-state index in [0.717, 1.165) is 11.8 Å². The van der Waals surface area contributed by atoms with Gasteiger partial charge < -0.3 is 14.6 Å². The molecule has 1 aromatic heterocycles. The minimum atomic E-state index is -3.77. The molecule has 1 atom stereocenters. The summed E-state index contributed by atoms with van der Waals surface area (Å²) in [7, 11) is -3.77. The second-order valence-corrected chi connectivity index (χ2v) is 12.5. The van der Waals surface area contributed by atoms with Crippen molar-refractivity contribution in [2.75, 3.05) is 19.8 Å². The highest BCUT2D eigenvalue weighted by molar-refractivity contribution is 7.89. The smallest absolute Gasteiger partial charge is 0.240 e. The lowest BCUT2D eigenvalue weighted by Gasteiger charge is -2.39. The van der Waals surface area contributed by atoms with Gasteiger partial charge in [0.2, 0.25) is 15.9 Å². The minimum Gasteiger partial charge on any atom is -0.377 e. The van der Waals surface area contributed by atoms with Crippen LogP contribution < -0.4 is 4.72 Å². The first-order valence-electron chi connectivity index (χ1n) is 13.5. The van der Waals surface area contributed by atoms with E-state index in [0.29, 0.717) is 73.5 Å². The molecule has 2 aromatic carbocycles. The Hall–Kier alpha value is -3.01. The molecular formula is C29H33N3O5S. The van der Waals surface area contributed by atoms with Gasteiger partial charge in [0.15, 0.2) is 6.29 Å². The molecule has 0 spiro atoms. The maximum Gasteiger partial charge on any atom is 0.240 e. The molecule has 6 rings (SSSR count). The number of fused-ring (bicyclic) bond motifs is 1. The number of aldehydes is 1. The lowest BCUT2D eigenvalue weighted by atomic mass is 9.85. The molecular weight excluding hydrogens is 502 g/mol. The zero-order valence-electron chi connectivity index (χ0n) is 21.3. The van der Waals surface area contributed by atoms with Crippen LogP contribution in [0.3, 0.4) is 0 Å². The van der Waals surface area contributed by atoms with E-state index in [1.165, 1.54) is 12.8 Å². The predicted octanol–water partition coefficient (Wildman–Crippen LogP) is 4.12. The molecule has 3 fully saturated rings. The van der Waals surface area contributed by atoms with Crippen LogP contribution in [0.2, 0.25) is 0 Å².